The maximum atomic E-state index is 13.9. The van der Waals surface area contributed by atoms with Crippen LogP contribution in [0.2, 0.25) is 0 Å². The molecule has 3 rings (SSSR count). The van der Waals surface area contributed by atoms with Crippen molar-refractivity contribution in [2.24, 2.45) is 5.73 Å². The second-order valence-electron chi connectivity index (χ2n) is 8.50. The summed E-state index contributed by atoms with van der Waals surface area (Å²) in [5.74, 6) is 0. The molecule has 0 amide bonds. The van der Waals surface area contributed by atoms with E-state index in [4.69, 9.17) is 15.2 Å². The van der Waals surface area contributed by atoms with Crippen molar-refractivity contribution in [3.8, 4) is 5.69 Å². The van der Waals surface area contributed by atoms with Crippen molar-refractivity contribution in [2.45, 2.75) is 84.5 Å². The Balaban J connectivity index is 0.00000225. The molecular weight excluding hydrogens is 499 g/mol. The van der Waals surface area contributed by atoms with Gasteiger partial charge in [0.15, 0.2) is 6.29 Å². The number of aliphatic hydroxyl groups is 1. The Morgan fingerprint density at radius 3 is 2.44 bits per heavy atom. The lowest BCUT2D eigenvalue weighted by Crippen LogP contribution is -2.43. The van der Waals surface area contributed by atoms with Gasteiger partial charge in [-0.2, -0.15) is 0 Å². The Morgan fingerprint density at radius 1 is 1.28 bits per heavy atom. The quantitative estimate of drug-likeness (QED) is 0.344. The Bertz CT molecular complexity index is 872. The van der Waals surface area contributed by atoms with Crippen LogP contribution < -0.4 is 11.1 Å². The van der Waals surface area contributed by atoms with Crippen LogP contribution >= 0.6 is 0 Å². The third-order valence-corrected chi connectivity index (χ3v) is 6.02. The molecule has 2 heterocycles. The van der Waals surface area contributed by atoms with Gasteiger partial charge >= 0.3 is 0 Å². The number of halogens is 1. The average molecular weight is 551 g/mol. The van der Waals surface area contributed by atoms with Gasteiger partial charge in [-0.1, -0.05) is 45.0 Å². The summed E-state index contributed by atoms with van der Waals surface area (Å²) in [6.45, 7) is 16.1. The van der Waals surface area contributed by atoms with Gasteiger partial charge in [-0.25, -0.2) is 9.07 Å². The summed E-state index contributed by atoms with van der Waals surface area (Å²) in [4.78, 5) is 2.18. The number of aliphatic hydroxyl groups excluding tert-OH is 1. The maximum Gasteiger partial charge on any atom is 0.156 e. The Hall–Kier alpha value is -2.79. The van der Waals surface area contributed by atoms with Gasteiger partial charge in [-0.3, -0.25) is 0 Å². The molecule has 9 nitrogen and oxygen atoms in total. The molecule has 10 heteroatoms. The van der Waals surface area contributed by atoms with Crippen molar-refractivity contribution in [3.63, 3.8) is 0 Å². The molecule has 1 aromatic heterocycles. The fraction of sp³-hybridized carbons (Fsp3) is 0.586. The minimum Gasteiger partial charge on any atom is -0.401 e. The van der Waals surface area contributed by atoms with Crippen molar-refractivity contribution in [3.05, 3.63) is 67.3 Å². The van der Waals surface area contributed by atoms with Crippen molar-refractivity contribution < 1.29 is 19.0 Å². The van der Waals surface area contributed by atoms with Crippen LogP contribution in [0.25, 0.3) is 5.69 Å². The number of benzene rings is 1. The van der Waals surface area contributed by atoms with Gasteiger partial charge in [0.1, 0.15) is 12.8 Å². The molecule has 0 radical (unpaired) electrons. The maximum absolute atomic E-state index is 13.9. The molecule has 1 aromatic carbocycles. The van der Waals surface area contributed by atoms with E-state index in [0.29, 0.717) is 18.5 Å². The zero-order chi connectivity index (χ0) is 29.8. The molecule has 4 N–H and O–H groups in total. The van der Waals surface area contributed by atoms with Gasteiger partial charge in [0.25, 0.3) is 0 Å². The van der Waals surface area contributed by atoms with Gasteiger partial charge < -0.3 is 30.5 Å². The van der Waals surface area contributed by atoms with Crippen molar-refractivity contribution in [1.29, 1.82) is 0 Å². The van der Waals surface area contributed by atoms with E-state index in [9.17, 15) is 9.50 Å². The van der Waals surface area contributed by atoms with Gasteiger partial charge in [0.05, 0.1) is 30.2 Å². The predicted molar refractivity (Wildman–Crippen MR) is 157 cm³/mol. The zero-order valence-corrected chi connectivity index (χ0v) is 24.9. The number of hydrogen-bond acceptors (Lipinski definition) is 8. The van der Waals surface area contributed by atoms with Gasteiger partial charge in [-0.05, 0) is 38.1 Å². The fourth-order valence-electron chi connectivity index (χ4n) is 4.13. The first-order valence-corrected chi connectivity index (χ1v) is 13.7. The summed E-state index contributed by atoms with van der Waals surface area (Å²) in [5.41, 5.74) is 8.50. The van der Waals surface area contributed by atoms with Crippen LogP contribution in [-0.4, -0.2) is 76.9 Å². The Morgan fingerprint density at radius 2 is 1.92 bits per heavy atom. The summed E-state index contributed by atoms with van der Waals surface area (Å²) < 4.78 is 26.5. The highest BCUT2D eigenvalue weighted by Gasteiger charge is 2.28. The molecule has 0 aliphatic carbocycles. The lowest BCUT2D eigenvalue weighted by Gasteiger charge is -2.36. The van der Waals surface area contributed by atoms with E-state index in [1.165, 1.54) is 0 Å². The summed E-state index contributed by atoms with van der Waals surface area (Å²) >= 11 is 0. The minimum atomic E-state index is -0.725. The second-order valence-corrected chi connectivity index (χ2v) is 8.50. The van der Waals surface area contributed by atoms with E-state index < -0.39 is 25.1 Å². The third-order valence-electron chi connectivity index (χ3n) is 6.02. The largest absolute Gasteiger partial charge is 0.401 e. The number of nitrogens with two attached hydrogens (primary N) is 1. The Kier molecular flexibility index (Phi) is 19.6. The van der Waals surface area contributed by atoms with Gasteiger partial charge in [0, 0.05) is 44.4 Å². The number of nitrogens with zero attached hydrogens (tertiary/aromatic N) is 4. The van der Waals surface area contributed by atoms with Crippen LogP contribution in [-0.2, 0) is 9.47 Å². The van der Waals surface area contributed by atoms with E-state index in [1.54, 1.807) is 30.4 Å². The van der Waals surface area contributed by atoms with Crippen LogP contribution in [0.5, 0.6) is 0 Å². The SMILES string of the molecule is C=C.CC.CC.CO[C@H](c1ccc(-n2ccnn2)cc1)[C@@H](CF)N/C=C(\N)CCN(C)[C@H]1C[C@@H](C)O[C@@H](O)C1. The molecule has 1 fully saturated rings. The van der Waals surface area contributed by atoms with Crippen LogP contribution in [0.15, 0.2) is 61.7 Å². The van der Waals surface area contributed by atoms with Crippen molar-refractivity contribution >= 4 is 0 Å². The number of nitrogens with one attached hydrogen (secondary N) is 1. The minimum absolute atomic E-state index is 0.0253. The second kappa shape index (κ2) is 21.1. The van der Waals surface area contributed by atoms with Crippen molar-refractivity contribution in [1.82, 2.24) is 25.2 Å². The van der Waals surface area contributed by atoms with Crippen LogP contribution in [0.1, 0.15) is 65.5 Å². The first-order valence-electron chi connectivity index (χ1n) is 13.7. The van der Waals surface area contributed by atoms with Gasteiger partial charge in [-0.15, -0.1) is 18.3 Å². The van der Waals surface area contributed by atoms with Gasteiger partial charge in [0.2, 0.25) is 0 Å². The number of ether oxygens (including phenoxy) is 2. The molecule has 0 bridgehead atoms. The standard InChI is InChI=1S/C23H35FN6O3.2C2H6.C2H4/c1-16-12-20(13-22(31)33-16)29(2)10-8-18(25)15-26-21(14-24)23(32-3)17-4-6-19(7-5-17)30-11-9-27-28-30;3*1-2/h4-7,9,11,15-16,20-23,26,31H,8,10,12-14,25H2,1-3H3;2*1-2H3;1-2H2/b18-15-;;;/t16-,20+,21-,22-,23-;;;/m1.../s1. The van der Waals surface area contributed by atoms with Crippen LogP contribution in [0.3, 0.4) is 0 Å². The van der Waals surface area contributed by atoms with E-state index in [1.807, 2.05) is 65.9 Å². The molecule has 5 atom stereocenters. The van der Waals surface area contributed by atoms with Crippen LogP contribution in [0, 0.1) is 0 Å². The predicted octanol–water partition coefficient (Wildman–Crippen LogP) is 4.75. The molecule has 1 aliphatic rings. The Labute approximate surface area is 234 Å². The summed E-state index contributed by atoms with van der Waals surface area (Å²) in [6, 6.07) is 7.21. The molecule has 1 saturated heterocycles. The highest BCUT2D eigenvalue weighted by molar-refractivity contribution is 5.34. The summed E-state index contributed by atoms with van der Waals surface area (Å²) in [7, 11) is 3.58. The van der Waals surface area contributed by atoms with E-state index in [0.717, 1.165) is 24.2 Å². The first kappa shape index (κ1) is 36.2. The van der Waals surface area contributed by atoms with E-state index in [-0.39, 0.29) is 12.1 Å². The molecule has 0 saturated carbocycles. The molecule has 39 heavy (non-hydrogen) atoms. The number of rotatable bonds is 11. The normalized spacial score (nSPS) is 20.3. The lowest BCUT2D eigenvalue weighted by atomic mass is 10.0. The molecule has 1 aliphatic heterocycles. The summed E-state index contributed by atoms with van der Waals surface area (Å²) in [6.07, 6.45) is 5.90. The van der Waals surface area contributed by atoms with E-state index in [2.05, 4.69) is 33.7 Å². The number of alkyl halides is 1. The first-order chi connectivity index (χ1) is 18.9. The zero-order valence-electron chi connectivity index (χ0n) is 24.9. The summed E-state index contributed by atoms with van der Waals surface area (Å²) in [5, 5.41) is 20.7. The molecule has 222 valence electrons. The van der Waals surface area contributed by atoms with Crippen molar-refractivity contribution in [2.75, 3.05) is 27.4 Å². The van der Waals surface area contributed by atoms with Crippen LogP contribution in [0.4, 0.5) is 4.39 Å². The molecule has 2 aromatic rings. The smallest absolute Gasteiger partial charge is 0.156 e. The number of hydrogen-bond donors (Lipinski definition) is 3. The highest BCUT2D eigenvalue weighted by atomic mass is 19.1. The molecule has 0 spiro atoms. The number of aromatic nitrogens is 3. The lowest BCUT2D eigenvalue weighted by molar-refractivity contribution is -0.173. The molecular formula is C29H51FN6O3. The topological polar surface area (TPSA) is 111 Å². The fourth-order valence-corrected chi connectivity index (χ4v) is 4.13. The average Bonchev–Trinajstić information content (AvgIpc) is 3.52. The molecule has 0 unspecified atom stereocenters. The highest BCUT2D eigenvalue weighted by Crippen LogP contribution is 2.24. The number of methoxy groups -OCH3 is 1. The van der Waals surface area contributed by atoms with E-state index >= 15 is 0 Å². The monoisotopic (exact) mass is 550 g/mol. The third kappa shape index (κ3) is 12.3.